The number of hydrogen-bond donors (Lipinski definition) is 3. The molecule has 0 aliphatic rings. The Morgan fingerprint density at radius 1 is 1.62 bits per heavy atom. The van der Waals surface area contributed by atoms with E-state index in [9.17, 15) is 4.79 Å². The van der Waals surface area contributed by atoms with Gasteiger partial charge in [-0.05, 0) is 24.1 Å². The van der Waals surface area contributed by atoms with Crippen LogP contribution in [0.4, 0.5) is 0 Å². The molecular weight excluding hydrogens is 170 g/mol. The Kier molecular flexibility index (Phi) is 2.08. The Bertz CT molecular complexity index is 372. The number of benzene rings is 1. The van der Waals surface area contributed by atoms with Gasteiger partial charge >= 0.3 is 5.97 Å². The van der Waals surface area contributed by atoms with Crippen LogP contribution in [0.25, 0.3) is 0 Å². The third-order valence-corrected chi connectivity index (χ3v) is 1.53. The fourth-order valence-electron chi connectivity index (χ4n) is 0.831. The van der Waals surface area contributed by atoms with Gasteiger partial charge in [0.1, 0.15) is 11.8 Å². The lowest BCUT2D eigenvalue weighted by molar-refractivity contribution is -0.138. The summed E-state index contributed by atoms with van der Waals surface area (Å²) in [4.78, 5) is 10.5. The minimum atomic E-state index is -1.18. The molecule has 0 aromatic heterocycles. The van der Waals surface area contributed by atoms with E-state index in [0.29, 0.717) is 0 Å². The van der Waals surface area contributed by atoms with Crippen LogP contribution < -0.4 is 5.73 Å². The fraction of sp³-hybridized carbons (Fsp3) is 0.222. The third-order valence-electron chi connectivity index (χ3n) is 1.53. The molecule has 1 aromatic carbocycles. The maximum atomic E-state index is 10.5. The van der Waals surface area contributed by atoms with Crippen LogP contribution in [0.15, 0.2) is 24.2 Å². The standard InChI is InChI=1S/C9H11NO3/c10-8(9(12)13)5-6-1-3-7(11)4-2-6/h1-4,8,11H,5,10H2,(H,12,13)/t8-/m0/s1/i1T,2T. The predicted octanol–water partition coefficient (Wildman–Crippen LogP) is 0.347. The van der Waals surface area contributed by atoms with Crippen molar-refractivity contribution >= 4 is 5.97 Å². The zero-order valence-electron chi connectivity index (χ0n) is 8.82. The van der Waals surface area contributed by atoms with E-state index in [-0.39, 0.29) is 29.8 Å². The van der Waals surface area contributed by atoms with E-state index in [2.05, 4.69) is 0 Å². The van der Waals surface area contributed by atoms with E-state index < -0.39 is 12.0 Å². The highest BCUT2D eigenvalue weighted by molar-refractivity contribution is 5.73. The largest absolute Gasteiger partial charge is 0.508 e. The van der Waals surface area contributed by atoms with E-state index >= 15 is 0 Å². The van der Waals surface area contributed by atoms with Crippen LogP contribution in [0.1, 0.15) is 8.30 Å². The van der Waals surface area contributed by atoms with E-state index in [1.807, 2.05) is 0 Å². The zero-order valence-corrected chi connectivity index (χ0v) is 6.82. The van der Waals surface area contributed by atoms with Crippen LogP contribution in [0.2, 0.25) is 0 Å². The number of aliphatic carboxylic acids is 1. The quantitative estimate of drug-likeness (QED) is 0.634. The fourth-order valence-corrected chi connectivity index (χ4v) is 0.831. The van der Waals surface area contributed by atoms with Crippen molar-refractivity contribution in [3.05, 3.63) is 29.8 Å². The van der Waals surface area contributed by atoms with Crippen molar-refractivity contribution in [2.75, 3.05) is 0 Å². The molecule has 4 heteroatoms. The molecule has 0 bridgehead atoms. The first-order valence-corrected chi connectivity index (χ1v) is 3.69. The molecule has 0 aliphatic heterocycles. The lowest BCUT2D eigenvalue weighted by atomic mass is 10.1. The first-order valence-electron chi connectivity index (χ1n) is 4.69. The van der Waals surface area contributed by atoms with Gasteiger partial charge in [0.25, 0.3) is 0 Å². The van der Waals surface area contributed by atoms with Crippen molar-refractivity contribution in [1.82, 2.24) is 0 Å². The molecule has 70 valence electrons. The van der Waals surface area contributed by atoms with E-state index in [0.717, 1.165) is 12.1 Å². The Hall–Kier alpha value is -1.55. The Labute approximate surface area is 78.4 Å². The summed E-state index contributed by atoms with van der Waals surface area (Å²) in [5.41, 5.74) is 5.52. The maximum Gasteiger partial charge on any atom is 0.320 e. The van der Waals surface area contributed by atoms with Crippen molar-refractivity contribution < 1.29 is 17.7 Å². The second-order valence-electron chi connectivity index (χ2n) is 2.63. The van der Waals surface area contributed by atoms with Crippen LogP contribution in [0.5, 0.6) is 5.75 Å². The van der Waals surface area contributed by atoms with Gasteiger partial charge in [0.15, 0.2) is 0 Å². The summed E-state index contributed by atoms with van der Waals surface area (Å²) >= 11 is 0. The van der Waals surface area contributed by atoms with Gasteiger partial charge in [-0.2, -0.15) is 0 Å². The molecule has 0 unspecified atom stereocenters. The van der Waals surface area contributed by atoms with Crippen LogP contribution in [-0.2, 0) is 11.2 Å². The lowest BCUT2D eigenvalue weighted by Crippen LogP contribution is -2.32. The van der Waals surface area contributed by atoms with Crippen LogP contribution >= 0.6 is 0 Å². The predicted molar refractivity (Wildman–Crippen MR) is 47.4 cm³/mol. The second kappa shape index (κ2) is 3.91. The molecule has 0 aliphatic carbocycles. The molecule has 0 saturated heterocycles. The van der Waals surface area contributed by atoms with Gasteiger partial charge in [-0.3, -0.25) is 4.79 Å². The lowest BCUT2D eigenvalue weighted by Gasteiger charge is -2.05. The minimum absolute atomic E-state index is 0.0725. The van der Waals surface area contributed by atoms with E-state index in [4.69, 9.17) is 18.7 Å². The number of carboxylic acids is 1. The summed E-state index contributed by atoms with van der Waals surface area (Å²) in [5, 5.41) is 17.7. The topological polar surface area (TPSA) is 83.5 Å². The third kappa shape index (κ3) is 2.76. The molecular formula is C9H11NO3. The first-order chi connectivity index (χ1) is 6.91. The Morgan fingerprint density at radius 2 is 2.15 bits per heavy atom. The summed E-state index contributed by atoms with van der Waals surface area (Å²) in [6, 6.07) is 1.03. The molecule has 1 aromatic rings. The highest BCUT2D eigenvalue weighted by atomic mass is 16.4. The van der Waals surface area contributed by atoms with Crippen LogP contribution in [0, 0.1) is 0 Å². The molecule has 4 N–H and O–H groups in total. The van der Waals surface area contributed by atoms with Gasteiger partial charge in [0.05, 0.1) is 2.74 Å². The highest BCUT2D eigenvalue weighted by Crippen LogP contribution is 2.10. The number of phenolic OH excluding ortho intramolecular Hbond substituents is 1. The molecule has 13 heavy (non-hydrogen) atoms. The molecule has 1 rings (SSSR count). The number of carboxylic acid groups (broad SMARTS) is 1. The average molecular weight is 185 g/mol. The number of aromatic hydroxyl groups is 1. The smallest absolute Gasteiger partial charge is 0.320 e. The van der Waals surface area contributed by atoms with Crippen molar-refractivity contribution in [2.45, 2.75) is 12.5 Å². The molecule has 0 spiro atoms. The molecule has 1 atom stereocenters. The van der Waals surface area contributed by atoms with Gasteiger partial charge in [-0.1, -0.05) is 12.1 Å². The summed E-state index contributed by atoms with van der Waals surface area (Å²) in [5.74, 6) is -1.36. The van der Waals surface area contributed by atoms with Gasteiger partial charge in [0.2, 0.25) is 0 Å². The number of nitrogens with two attached hydrogens (primary N) is 1. The van der Waals surface area contributed by atoms with Gasteiger partial charge < -0.3 is 15.9 Å². The van der Waals surface area contributed by atoms with Crippen molar-refractivity contribution in [1.29, 1.82) is 0 Å². The summed E-state index contributed by atoms with van der Waals surface area (Å²) in [7, 11) is 0. The summed E-state index contributed by atoms with van der Waals surface area (Å²) < 4.78 is 14.9. The average Bonchev–Trinajstić information content (AvgIpc) is 2.10. The van der Waals surface area contributed by atoms with Crippen LogP contribution in [0.3, 0.4) is 0 Å². The summed E-state index contributed by atoms with van der Waals surface area (Å²) in [6.45, 7) is 0. The molecule has 4 nitrogen and oxygen atoms in total. The maximum absolute atomic E-state index is 10.5. The van der Waals surface area contributed by atoms with E-state index in [1.54, 1.807) is 0 Å². The zero-order chi connectivity index (χ0) is 11.6. The Balaban J connectivity index is 3.00. The molecule has 0 amide bonds. The highest BCUT2D eigenvalue weighted by Gasteiger charge is 2.11. The second-order valence-corrected chi connectivity index (χ2v) is 2.63. The monoisotopic (exact) mass is 185 g/mol. The molecule has 0 heterocycles. The molecule has 0 saturated carbocycles. The van der Waals surface area contributed by atoms with Crippen molar-refractivity contribution in [3.63, 3.8) is 0 Å². The molecule has 0 radical (unpaired) electrons. The number of hydrogen-bond acceptors (Lipinski definition) is 3. The van der Waals surface area contributed by atoms with Gasteiger partial charge in [-0.25, -0.2) is 0 Å². The molecule has 0 fully saturated rings. The van der Waals surface area contributed by atoms with Gasteiger partial charge in [0, 0.05) is 0 Å². The Morgan fingerprint density at radius 3 is 2.62 bits per heavy atom. The summed E-state index contributed by atoms with van der Waals surface area (Å²) in [6.07, 6.45) is -0.0900. The number of phenols is 1. The first kappa shape index (κ1) is 6.91. The normalized spacial score (nSPS) is 14.5. The minimum Gasteiger partial charge on any atom is -0.508 e. The SMILES string of the molecule is [3H]c1cc(O)cc([3H])c1C[C@H](N)C(=O)O. The van der Waals surface area contributed by atoms with Crippen LogP contribution in [-0.4, -0.2) is 22.2 Å². The number of carbonyl (C=O) groups is 1. The van der Waals surface area contributed by atoms with Crippen molar-refractivity contribution in [2.24, 2.45) is 5.73 Å². The number of rotatable bonds is 3. The van der Waals surface area contributed by atoms with Crippen molar-refractivity contribution in [3.8, 4) is 5.75 Å². The van der Waals surface area contributed by atoms with E-state index in [1.165, 1.54) is 0 Å². The van der Waals surface area contributed by atoms with Gasteiger partial charge in [-0.15, -0.1) is 0 Å².